The van der Waals surface area contributed by atoms with Crippen LogP contribution in [0.4, 0.5) is 0 Å². The Hall–Kier alpha value is -2.20. The monoisotopic (exact) mass is 672 g/mol. The van der Waals surface area contributed by atoms with Crippen LogP contribution < -0.4 is 9.47 Å². The van der Waals surface area contributed by atoms with Gasteiger partial charge in [0, 0.05) is 39.6 Å². The third-order valence-corrected chi connectivity index (χ3v) is 9.40. The van der Waals surface area contributed by atoms with Crippen molar-refractivity contribution in [3.8, 4) is 11.5 Å². The summed E-state index contributed by atoms with van der Waals surface area (Å²) >= 11 is 0. The number of aliphatic hydroxyl groups is 2. The number of hydrogen-bond donors (Lipinski definition) is 2. The highest BCUT2D eigenvalue weighted by molar-refractivity contribution is 5.21. The molecule has 0 aromatic heterocycles. The minimum atomic E-state index is -0.591. The fraction of sp³-hybridized carbons (Fsp3) is 0.700. The van der Waals surface area contributed by atoms with Crippen LogP contribution in [0.15, 0.2) is 60.7 Å². The van der Waals surface area contributed by atoms with Crippen molar-refractivity contribution in [1.82, 2.24) is 0 Å². The van der Waals surface area contributed by atoms with E-state index < -0.39 is 12.2 Å². The van der Waals surface area contributed by atoms with Gasteiger partial charge in [0.15, 0.2) is 0 Å². The quantitative estimate of drug-likeness (QED) is 0.125. The van der Waals surface area contributed by atoms with E-state index in [-0.39, 0.29) is 13.2 Å². The molecule has 6 unspecified atom stereocenters. The molecule has 5 rings (SSSR count). The number of ether oxygens (including phenoxy) is 6. The number of fused-ring (bicyclic) bond motifs is 5. The molecule has 2 aromatic carbocycles. The van der Waals surface area contributed by atoms with Crippen LogP contribution in [-0.2, 0) is 18.9 Å². The van der Waals surface area contributed by atoms with E-state index in [0.29, 0.717) is 26.4 Å². The van der Waals surface area contributed by atoms with Gasteiger partial charge < -0.3 is 38.6 Å². The first kappa shape index (κ1) is 40.2. The average molecular weight is 673 g/mol. The van der Waals surface area contributed by atoms with Gasteiger partial charge in [0.25, 0.3) is 0 Å². The molecule has 3 aliphatic carbocycles. The van der Waals surface area contributed by atoms with Crippen LogP contribution >= 0.6 is 0 Å². The Kier molecular flexibility index (Phi) is 21.6. The number of aliphatic hydroxyl groups excluding tert-OH is 2. The molecule has 3 fully saturated rings. The summed E-state index contributed by atoms with van der Waals surface area (Å²) in [5.41, 5.74) is 0. The van der Waals surface area contributed by atoms with Gasteiger partial charge in [-0.15, -0.1) is 0 Å². The fourth-order valence-corrected chi connectivity index (χ4v) is 7.08. The Morgan fingerprint density at radius 3 is 1.33 bits per heavy atom. The van der Waals surface area contributed by atoms with E-state index in [1.807, 2.05) is 74.5 Å². The topological polar surface area (TPSA) is 95.8 Å². The lowest BCUT2D eigenvalue weighted by atomic mass is 9.82. The van der Waals surface area contributed by atoms with Crippen LogP contribution in [0.1, 0.15) is 78.1 Å². The van der Waals surface area contributed by atoms with Gasteiger partial charge in [-0.25, -0.2) is 0 Å². The standard InChI is InChI=1S/2C15H24O4.C10H16/c2*1-2-17-10-6-7-11-18-12-14(16)13-19-15-8-4-3-5-9-15;1-2-9-7-4-5-8(6-7)10(9)3-1/h2*3-5,8-9,14,16H,2,6-7,10-13H2,1H3;7-10H,1-6H2. The molecule has 8 heteroatoms. The van der Waals surface area contributed by atoms with Gasteiger partial charge in [0.05, 0.1) is 13.2 Å². The predicted octanol–water partition coefficient (Wildman–Crippen LogP) is 7.35. The van der Waals surface area contributed by atoms with Crippen molar-refractivity contribution in [3.05, 3.63) is 60.7 Å². The molecule has 3 aliphatic rings. The first-order valence-electron chi connectivity index (χ1n) is 18.6. The molecule has 48 heavy (non-hydrogen) atoms. The van der Waals surface area contributed by atoms with Gasteiger partial charge in [-0.3, -0.25) is 0 Å². The number of unbranched alkanes of at least 4 members (excludes halogenated alkanes) is 2. The summed E-state index contributed by atoms with van der Waals surface area (Å²) in [5, 5.41) is 19.4. The number of para-hydroxylation sites is 2. The van der Waals surface area contributed by atoms with Crippen LogP contribution in [0.25, 0.3) is 0 Å². The summed E-state index contributed by atoms with van der Waals surface area (Å²) in [6, 6.07) is 18.9. The minimum absolute atomic E-state index is 0.253. The van der Waals surface area contributed by atoms with Crippen LogP contribution in [0.5, 0.6) is 11.5 Å². The maximum absolute atomic E-state index is 9.68. The first-order chi connectivity index (χ1) is 23.6. The molecule has 0 aliphatic heterocycles. The largest absolute Gasteiger partial charge is 0.491 e. The van der Waals surface area contributed by atoms with Crippen molar-refractivity contribution in [3.63, 3.8) is 0 Å². The Balaban J connectivity index is 0.000000203. The van der Waals surface area contributed by atoms with Gasteiger partial charge in [-0.1, -0.05) is 42.8 Å². The summed E-state index contributed by atoms with van der Waals surface area (Å²) in [6.45, 7) is 9.46. The molecule has 8 nitrogen and oxygen atoms in total. The number of rotatable bonds is 22. The summed E-state index contributed by atoms with van der Waals surface area (Å²) < 4.78 is 32.1. The lowest BCUT2D eigenvalue weighted by Gasteiger charge is -2.23. The van der Waals surface area contributed by atoms with Gasteiger partial charge >= 0.3 is 0 Å². The zero-order chi connectivity index (χ0) is 34.1. The van der Waals surface area contributed by atoms with Crippen molar-refractivity contribution in [2.45, 2.75) is 90.3 Å². The molecule has 3 saturated carbocycles. The van der Waals surface area contributed by atoms with Crippen LogP contribution in [0.2, 0.25) is 0 Å². The van der Waals surface area contributed by atoms with Gasteiger partial charge in [-0.2, -0.15) is 0 Å². The SMILES string of the molecule is C1CC2C3CCC(C3)C2C1.CCOCCCCOCC(O)COc1ccccc1.CCOCCCCOCC(O)COc1ccccc1. The van der Waals surface area contributed by atoms with Crippen molar-refractivity contribution in [2.24, 2.45) is 23.7 Å². The van der Waals surface area contributed by atoms with Crippen LogP contribution in [0, 0.1) is 23.7 Å². The maximum Gasteiger partial charge on any atom is 0.119 e. The van der Waals surface area contributed by atoms with E-state index in [9.17, 15) is 10.2 Å². The Morgan fingerprint density at radius 1 is 0.542 bits per heavy atom. The molecule has 2 aromatic rings. The molecule has 0 heterocycles. The molecule has 0 radical (unpaired) electrons. The number of benzene rings is 2. The Morgan fingerprint density at radius 2 is 0.938 bits per heavy atom. The Bertz CT molecular complexity index is 929. The zero-order valence-electron chi connectivity index (χ0n) is 29.7. The van der Waals surface area contributed by atoms with Crippen molar-refractivity contribution >= 4 is 0 Å². The van der Waals surface area contributed by atoms with E-state index in [1.54, 1.807) is 38.5 Å². The van der Waals surface area contributed by atoms with E-state index in [0.717, 1.165) is 63.6 Å². The number of hydrogen-bond acceptors (Lipinski definition) is 8. The minimum Gasteiger partial charge on any atom is -0.491 e. The maximum atomic E-state index is 9.68. The first-order valence-corrected chi connectivity index (χ1v) is 18.6. The molecule has 0 spiro atoms. The van der Waals surface area contributed by atoms with E-state index in [1.165, 1.54) is 23.7 Å². The molecule has 272 valence electrons. The molecular weight excluding hydrogens is 608 g/mol. The molecule has 0 amide bonds. The van der Waals surface area contributed by atoms with Gasteiger partial charge in [-0.05, 0) is 120 Å². The summed E-state index contributed by atoms with van der Waals surface area (Å²) in [5.74, 6) is 6.32. The van der Waals surface area contributed by atoms with Crippen LogP contribution in [-0.4, -0.2) is 88.5 Å². The molecule has 2 bridgehead atoms. The van der Waals surface area contributed by atoms with Crippen molar-refractivity contribution < 1.29 is 38.6 Å². The smallest absolute Gasteiger partial charge is 0.119 e. The summed E-state index contributed by atoms with van der Waals surface area (Å²) in [6.07, 6.45) is 12.2. The zero-order valence-corrected chi connectivity index (χ0v) is 29.7. The predicted molar refractivity (Wildman–Crippen MR) is 191 cm³/mol. The van der Waals surface area contributed by atoms with Crippen molar-refractivity contribution in [2.75, 3.05) is 66.1 Å². The second kappa shape index (κ2) is 25.7. The van der Waals surface area contributed by atoms with Crippen LogP contribution in [0.3, 0.4) is 0 Å². The molecule has 0 saturated heterocycles. The van der Waals surface area contributed by atoms with E-state index in [4.69, 9.17) is 28.4 Å². The fourth-order valence-electron chi connectivity index (χ4n) is 7.08. The lowest BCUT2D eigenvalue weighted by molar-refractivity contribution is 0.00942. The second-order valence-corrected chi connectivity index (χ2v) is 13.1. The van der Waals surface area contributed by atoms with E-state index >= 15 is 0 Å². The summed E-state index contributed by atoms with van der Waals surface area (Å²) in [7, 11) is 0. The normalized spacial score (nSPS) is 21.8. The highest BCUT2D eigenvalue weighted by Gasteiger charge is 2.48. The van der Waals surface area contributed by atoms with Gasteiger partial charge in [0.1, 0.15) is 36.9 Å². The molecular formula is C40H64O8. The third kappa shape index (κ3) is 17.0. The average Bonchev–Trinajstić information content (AvgIpc) is 3.88. The van der Waals surface area contributed by atoms with E-state index in [2.05, 4.69) is 0 Å². The highest BCUT2D eigenvalue weighted by Crippen LogP contribution is 2.58. The second-order valence-electron chi connectivity index (χ2n) is 13.1. The third-order valence-electron chi connectivity index (χ3n) is 9.40. The highest BCUT2D eigenvalue weighted by atomic mass is 16.5. The molecule has 2 N–H and O–H groups in total. The van der Waals surface area contributed by atoms with Crippen molar-refractivity contribution in [1.29, 1.82) is 0 Å². The summed E-state index contributed by atoms with van der Waals surface area (Å²) in [4.78, 5) is 0. The van der Waals surface area contributed by atoms with Gasteiger partial charge in [0.2, 0.25) is 0 Å². The molecule has 6 atom stereocenters. The lowest BCUT2D eigenvalue weighted by Crippen LogP contribution is -2.23. The Labute approximate surface area is 290 Å².